The van der Waals surface area contributed by atoms with Crippen molar-refractivity contribution in [3.8, 4) is 5.75 Å². The molecule has 1 aliphatic rings. The van der Waals surface area contributed by atoms with Gasteiger partial charge in [0, 0.05) is 18.2 Å². The zero-order valence-electron chi connectivity index (χ0n) is 19.4. The third-order valence-corrected chi connectivity index (χ3v) is 7.70. The average Bonchev–Trinajstić information content (AvgIpc) is 3.22. The van der Waals surface area contributed by atoms with Gasteiger partial charge in [0.1, 0.15) is 5.75 Å². The molecule has 1 aliphatic heterocycles. The van der Waals surface area contributed by atoms with E-state index >= 15 is 0 Å². The quantitative estimate of drug-likeness (QED) is 0.482. The molecule has 4 rings (SSSR count). The standard InChI is InChI=1S/C26H26N2O6S/c1-18-14-19-8-3-5-12-23(19)28(18)35(31,32)22-11-7-10-20(15-22)26(30)34-17-25(29)27-16-21-9-4-6-13-24(21)33-2/h3-13,15,18H,14,16-17H2,1-2H3,(H,27,29)/t18-/m1/s1. The van der Waals surface area contributed by atoms with Gasteiger partial charge in [-0.2, -0.15) is 0 Å². The Morgan fingerprint density at radius 3 is 2.57 bits per heavy atom. The van der Waals surface area contributed by atoms with Crippen molar-refractivity contribution in [2.24, 2.45) is 0 Å². The highest BCUT2D eigenvalue weighted by atomic mass is 32.2. The van der Waals surface area contributed by atoms with Gasteiger partial charge in [0.25, 0.3) is 15.9 Å². The lowest BCUT2D eigenvalue weighted by molar-refractivity contribution is -0.124. The maximum absolute atomic E-state index is 13.4. The van der Waals surface area contributed by atoms with Gasteiger partial charge in [-0.25, -0.2) is 13.2 Å². The lowest BCUT2D eigenvalue weighted by Crippen LogP contribution is -2.35. The minimum Gasteiger partial charge on any atom is -0.496 e. The molecule has 0 saturated carbocycles. The summed E-state index contributed by atoms with van der Waals surface area (Å²) in [4.78, 5) is 24.7. The van der Waals surface area contributed by atoms with E-state index in [0.29, 0.717) is 17.9 Å². The number of anilines is 1. The van der Waals surface area contributed by atoms with Crippen molar-refractivity contribution in [1.29, 1.82) is 0 Å². The smallest absolute Gasteiger partial charge is 0.338 e. The van der Waals surface area contributed by atoms with Crippen LogP contribution in [0.5, 0.6) is 5.75 Å². The Kier molecular flexibility index (Phi) is 7.07. The molecule has 0 aromatic heterocycles. The summed E-state index contributed by atoms with van der Waals surface area (Å²) in [6.45, 7) is 1.56. The molecule has 0 aliphatic carbocycles. The Hall–Kier alpha value is -3.85. The Labute approximate surface area is 204 Å². The van der Waals surface area contributed by atoms with Gasteiger partial charge in [-0.3, -0.25) is 9.10 Å². The molecule has 182 valence electrons. The Morgan fingerprint density at radius 1 is 1.03 bits per heavy atom. The summed E-state index contributed by atoms with van der Waals surface area (Å²) in [7, 11) is -2.36. The molecule has 1 N–H and O–H groups in total. The number of fused-ring (bicyclic) bond motifs is 1. The zero-order chi connectivity index (χ0) is 25.0. The number of nitrogens with one attached hydrogen (secondary N) is 1. The minimum absolute atomic E-state index is 0.0175. The molecule has 8 nitrogen and oxygen atoms in total. The molecule has 1 atom stereocenters. The van der Waals surface area contributed by atoms with E-state index in [1.807, 2.05) is 37.3 Å². The van der Waals surface area contributed by atoms with Crippen molar-refractivity contribution in [1.82, 2.24) is 5.32 Å². The summed E-state index contributed by atoms with van der Waals surface area (Å²) in [6, 6.07) is 20.0. The molecule has 0 unspecified atom stereocenters. The first-order valence-electron chi connectivity index (χ1n) is 11.1. The highest BCUT2D eigenvalue weighted by Crippen LogP contribution is 2.36. The van der Waals surface area contributed by atoms with Gasteiger partial charge < -0.3 is 14.8 Å². The molecular weight excluding hydrogens is 468 g/mol. The summed E-state index contributed by atoms with van der Waals surface area (Å²) in [5.41, 5.74) is 2.42. The normalized spacial score (nSPS) is 14.8. The SMILES string of the molecule is COc1ccccc1CNC(=O)COC(=O)c1cccc(S(=O)(=O)N2c3ccccc3C[C@H]2C)c1. The molecule has 9 heteroatoms. The number of nitrogens with zero attached hydrogens (tertiary/aromatic N) is 1. The number of carbonyl (C=O) groups excluding carboxylic acids is 2. The van der Waals surface area contributed by atoms with Crippen LogP contribution in [0, 0.1) is 0 Å². The number of rotatable bonds is 8. The number of amides is 1. The summed E-state index contributed by atoms with van der Waals surface area (Å²) in [5, 5.41) is 2.67. The number of methoxy groups -OCH3 is 1. The number of esters is 1. The van der Waals surface area contributed by atoms with Crippen LogP contribution in [-0.4, -0.2) is 40.1 Å². The number of hydrogen-bond donors (Lipinski definition) is 1. The first kappa shape index (κ1) is 24.3. The van der Waals surface area contributed by atoms with Crippen molar-refractivity contribution in [3.05, 3.63) is 89.5 Å². The fourth-order valence-electron chi connectivity index (χ4n) is 4.11. The molecule has 0 spiro atoms. The Balaban J connectivity index is 1.41. The molecule has 35 heavy (non-hydrogen) atoms. The largest absolute Gasteiger partial charge is 0.496 e. The van der Waals surface area contributed by atoms with Crippen molar-refractivity contribution in [3.63, 3.8) is 0 Å². The van der Waals surface area contributed by atoms with Crippen LogP contribution in [0.25, 0.3) is 0 Å². The molecule has 0 bridgehead atoms. The average molecular weight is 495 g/mol. The van der Waals surface area contributed by atoms with Gasteiger partial charge >= 0.3 is 5.97 Å². The maximum atomic E-state index is 13.4. The van der Waals surface area contributed by atoms with Crippen LogP contribution in [0.1, 0.15) is 28.4 Å². The van der Waals surface area contributed by atoms with Gasteiger partial charge in [-0.15, -0.1) is 0 Å². The lowest BCUT2D eigenvalue weighted by atomic mass is 10.1. The van der Waals surface area contributed by atoms with E-state index in [9.17, 15) is 18.0 Å². The second kappa shape index (κ2) is 10.2. The van der Waals surface area contributed by atoms with Gasteiger partial charge in [0.05, 0.1) is 23.3 Å². The van der Waals surface area contributed by atoms with Crippen LogP contribution in [0.2, 0.25) is 0 Å². The molecule has 3 aromatic rings. The summed E-state index contributed by atoms with van der Waals surface area (Å²) >= 11 is 0. The Bertz CT molecular complexity index is 1360. The fraction of sp³-hybridized carbons (Fsp3) is 0.231. The number of ether oxygens (including phenoxy) is 2. The van der Waals surface area contributed by atoms with Crippen LogP contribution in [0.4, 0.5) is 5.69 Å². The molecule has 0 fully saturated rings. The number of hydrogen-bond acceptors (Lipinski definition) is 6. The van der Waals surface area contributed by atoms with Crippen LogP contribution in [0.3, 0.4) is 0 Å². The number of sulfonamides is 1. The monoisotopic (exact) mass is 494 g/mol. The maximum Gasteiger partial charge on any atom is 0.338 e. The third kappa shape index (κ3) is 5.14. The molecular formula is C26H26N2O6S. The van der Waals surface area contributed by atoms with E-state index in [-0.39, 0.29) is 23.0 Å². The third-order valence-electron chi connectivity index (χ3n) is 5.77. The molecule has 1 amide bonds. The first-order valence-corrected chi connectivity index (χ1v) is 12.5. The molecule has 0 saturated heterocycles. The Morgan fingerprint density at radius 2 is 1.77 bits per heavy atom. The van der Waals surface area contributed by atoms with Gasteiger partial charge in [0.15, 0.2) is 6.61 Å². The van der Waals surface area contributed by atoms with Crippen molar-refractivity contribution in [2.75, 3.05) is 18.0 Å². The van der Waals surface area contributed by atoms with Crippen LogP contribution >= 0.6 is 0 Å². The van der Waals surface area contributed by atoms with E-state index in [2.05, 4.69) is 5.32 Å². The van der Waals surface area contributed by atoms with Crippen LogP contribution in [0.15, 0.2) is 77.7 Å². The predicted octanol–water partition coefficient (Wildman–Crippen LogP) is 3.31. The predicted molar refractivity (Wildman–Crippen MR) is 131 cm³/mol. The molecule has 3 aromatic carbocycles. The summed E-state index contributed by atoms with van der Waals surface area (Å²) in [5.74, 6) is -0.641. The van der Waals surface area contributed by atoms with Crippen molar-refractivity contribution in [2.45, 2.75) is 30.8 Å². The zero-order valence-corrected chi connectivity index (χ0v) is 20.2. The van der Waals surface area contributed by atoms with Gasteiger partial charge in [-0.1, -0.05) is 42.5 Å². The second-order valence-electron chi connectivity index (χ2n) is 8.18. The van der Waals surface area contributed by atoms with E-state index in [0.717, 1.165) is 11.1 Å². The fourth-order valence-corrected chi connectivity index (χ4v) is 5.85. The molecule has 1 heterocycles. The van der Waals surface area contributed by atoms with E-state index in [1.54, 1.807) is 25.3 Å². The van der Waals surface area contributed by atoms with Crippen LogP contribution < -0.4 is 14.4 Å². The van der Waals surface area contributed by atoms with E-state index in [1.165, 1.54) is 28.6 Å². The first-order chi connectivity index (χ1) is 16.8. The van der Waals surface area contributed by atoms with E-state index in [4.69, 9.17) is 9.47 Å². The number of benzene rings is 3. The van der Waals surface area contributed by atoms with Crippen LogP contribution in [-0.2, 0) is 32.5 Å². The minimum atomic E-state index is -3.90. The van der Waals surface area contributed by atoms with Gasteiger partial charge in [-0.05, 0) is 49.2 Å². The van der Waals surface area contributed by atoms with E-state index < -0.39 is 28.5 Å². The topological polar surface area (TPSA) is 102 Å². The molecule has 0 radical (unpaired) electrons. The summed E-state index contributed by atoms with van der Waals surface area (Å²) < 4.78 is 38.6. The summed E-state index contributed by atoms with van der Waals surface area (Å²) in [6.07, 6.45) is 0.612. The van der Waals surface area contributed by atoms with Crippen molar-refractivity contribution >= 4 is 27.6 Å². The second-order valence-corrected chi connectivity index (χ2v) is 9.99. The highest BCUT2D eigenvalue weighted by molar-refractivity contribution is 7.92. The van der Waals surface area contributed by atoms with Gasteiger partial charge in [0.2, 0.25) is 0 Å². The highest BCUT2D eigenvalue weighted by Gasteiger charge is 2.36. The number of para-hydroxylation sites is 2. The number of carbonyl (C=O) groups is 2. The van der Waals surface area contributed by atoms with Crippen molar-refractivity contribution < 1.29 is 27.5 Å². The lowest BCUT2D eigenvalue weighted by Gasteiger charge is -2.24.